The number of fused-ring (bicyclic) bond motifs is 3. The third-order valence-electron chi connectivity index (χ3n) is 5.65. The molecule has 4 aromatic rings. The van der Waals surface area contributed by atoms with Crippen molar-refractivity contribution in [3.63, 3.8) is 0 Å². The molecular formula is C22H24FN7O2. The molecule has 1 unspecified atom stereocenters. The monoisotopic (exact) mass is 437 g/mol. The van der Waals surface area contributed by atoms with Crippen LogP contribution in [-0.4, -0.2) is 58.3 Å². The zero-order chi connectivity index (χ0) is 22.2. The summed E-state index contributed by atoms with van der Waals surface area (Å²) < 4.78 is 21.7. The number of nitrogens with zero attached hydrogens (tertiary/aromatic N) is 3. The van der Waals surface area contributed by atoms with Gasteiger partial charge in [-0.05, 0) is 29.8 Å². The Kier molecular flexibility index (Phi) is 5.24. The van der Waals surface area contributed by atoms with Gasteiger partial charge in [-0.1, -0.05) is 0 Å². The number of H-pyrrole nitrogens is 1. The van der Waals surface area contributed by atoms with Crippen molar-refractivity contribution >= 4 is 33.8 Å². The Morgan fingerprint density at radius 3 is 3.00 bits per heavy atom. The highest BCUT2D eigenvalue weighted by Crippen LogP contribution is 2.32. The fourth-order valence-corrected chi connectivity index (χ4v) is 4.08. The summed E-state index contributed by atoms with van der Waals surface area (Å²) in [6.07, 6.45) is 1.74. The number of carbonyl (C=O) groups excluding carboxylic acids is 1. The maximum Gasteiger partial charge on any atom is 0.239 e. The summed E-state index contributed by atoms with van der Waals surface area (Å²) in [4.78, 5) is 24.7. The van der Waals surface area contributed by atoms with Crippen LogP contribution < -0.4 is 16.0 Å². The third-order valence-corrected chi connectivity index (χ3v) is 5.65. The van der Waals surface area contributed by atoms with Gasteiger partial charge in [0.25, 0.3) is 0 Å². The van der Waals surface area contributed by atoms with Crippen LogP contribution in [0.2, 0.25) is 0 Å². The number of morpholine rings is 1. The van der Waals surface area contributed by atoms with Gasteiger partial charge in [0, 0.05) is 43.8 Å². The van der Waals surface area contributed by atoms with Gasteiger partial charge in [0.1, 0.15) is 23.0 Å². The highest BCUT2D eigenvalue weighted by molar-refractivity contribution is 6.07. The zero-order valence-electron chi connectivity index (χ0n) is 17.8. The fourth-order valence-electron chi connectivity index (χ4n) is 4.08. The fraction of sp³-hybridized carbons (Fsp3) is 0.318. The highest BCUT2D eigenvalue weighted by atomic mass is 19.1. The van der Waals surface area contributed by atoms with Gasteiger partial charge in [-0.2, -0.15) is 0 Å². The van der Waals surface area contributed by atoms with E-state index in [4.69, 9.17) is 4.74 Å². The second kappa shape index (κ2) is 8.21. The number of anilines is 1. The van der Waals surface area contributed by atoms with E-state index in [1.165, 1.54) is 12.1 Å². The third kappa shape index (κ3) is 3.67. The van der Waals surface area contributed by atoms with Crippen LogP contribution in [0.25, 0.3) is 33.3 Å². The first-order chi connectivity index (χ1) is 15.5. The molecule has 5 rings (SSSR count). The number of ether oxygens (including phenoxy) is 1. The number of aryl methyl sites for hydroxylation is 1. The van der Waals surface area contributed by atoms with E-state index in [1.807, 2.05) is 23.7 Å². The van der Waals surface area contributed by atoms with Gasteiger partial charge in [0.2, 0.25) is 5.91 Å². The number of nitrogens with one attached hydrogen (secondary N) is 4. The molecule has 1 saturated heterocycles. The first-order valence-electron chi connectivity index (χ1n) is 10.4. The summed E-state index contributed by atoms with van der Waals surface area (Å²) in [5.41, 5.74) is 4.47. The summed E-state index contributed by atoms with van der Waals surface area (Å²) in [5.74, 6) is 0.132. The number of aromatic nitrogens is 4. The topological polar surface area (TPSA) is 109 Å². The van der Waals surface area contributed by atoms with Crippen LogP contribution in [0.1, 0.15) is 5.56 Å². The van der Waals surface area contributed by atoms with Gasteiger partial charge in [0.05, 0.1) is 25.1 Å². The second-order valence-corrected chi connectivity index (χ2v) is 7.86. The minimum Gasteiger partial charge on any atom is -0.378 e. The lowest BCUT2D eigenvalue weighted by Crippen LogP contribution is -2.51. The molecule has 1 aromatic carbocycles. The first-order valence-corrected chi connectivity index (χ1v) is 10.4. The van der Waals surface area contributed by atoms with Crippen molar-refractivity contribution in [3.8, 4) is 11.3 Å². The standard InChI is InChI=1S/C22H24FN7O2/c1-24-21-18-19(30(2)11-27-18)15-8-16(28-20(15)29-21)13-5-12(6-14(23)7-13)9-26-22(31)17-10-32-4-3-25-17/h5-8,11,17,25H,3-4,9-10H2,1-2H3,(H,26,31)(H2,24,28,29). The Morgan fingerprint density at radius 2 is 2.22 bits per heavy atom. The Balaban J connectivity index is 1.46. The maximum absolute atomic E-state index is 14.4. The molecule has 0 bridgehead atoms. The summed E-state index contributed by atoms with van der Waals surface area (Å²) in [6.45, 7) is 1.78. The number of halogens is 1. The lowest BCUT2D eigenvalue weighted by Gasteiger charge is -2.22. The van der Waals surface area contributed by atoms with Crippen LogP contribution in [0.15, 0.2) is 30.6 Å². The van der Waals surface area contributed by atoms with Gasteiger partial charge in [-0.15, -0.1) is 0 Å². The first kappa shape index (κ1) is 20.4. The minimum atomic E-state index is -0.390. The molecular weight excluding hydrogens is 413 g/mol. The molecule has 3 aromatic heterocycles. The molecule has 1 aliphatic rings. The molecule has 4 heterocycles. The molecule has 9 nitrogen and oxygen atoms in total. The van der Waals surface area contributed by atoms with Gasteiger partial charge < -0.3 is 30.2 Å². The number of hydrogen-bond acceptors (Lipinski definition) is 6. The average molecular weight is 437 g/mol. The summed E-state index contributed by atoms with van der Waals surface area (Å²) in [6, 6.07) is 6.31. The van der Waals surface area contributed by atoms with Crippen molar-refractivity contribution in [1.29, 1.82) is 0 Å². The number of carbonyl (C=O) groups is 1. The molecule has 0 aliphatic carbocycles. The van der Waals surface area contributed by atoms with Gasteiger partial charge >= 0.3 is 0 Å². The molecule has 1 aliphatic heterocycles. The van der Waals surface area contributed by atoms with Crippen LogP contribution in [0.4, 0.5) is 10.2 Å². The molecule has 4 N–H and O–H groups in total. The molecule has 0 spiro atoms. The Labute approximate surface area is 183 Å². The van der Waals surface area contributed by atoms with Gasteiger partial charge in [0.15, 0.2) is 5.82 Å². The van der Waals surface area contributed by atoms with Crippen LogP contribution in [-0.2, 0) is 23.1 Å². The zero-order valence-corrected chi connectivity index (χ0v) is 17.8. The largest absolute Gasteiger partial charge is 0.378 e. The number of rotatable bonds is 5. The number of pyridine rings is 1. The van der Waals surface area contributed by atoms with E-state index in [-0.39, 0.29) is 24.3 Å². The lowest BCUT2D eigenvalue weighted by atomic mass is 10.1. The minimum absolute atomic E-state index is 0.163. The van der Waals surface area contributed by atoms with Crippen molar-refractivity contribution < 1.29 is 13.9 Å². The number of amides is 1. The van der Waals surface area contributed by atoms with E-state index >= 15 is 0 Å². The number of aromatic amines is 1. The average Bonchev–Trinajstić information content (AvgIpc) is 3.40. The van der Waals surface area contributed by atoms with Crippen LogP contribution in [0.5, 0.6) is 0 Å². The Bertz CT molecular complexity index is 1310. The number of benzene rings is 1. The maximum atomic E-state index is 14.4. The van der Waals surface area contributed by atoms with E-state index < -0.39 is 0 Å². The second-order valence-electron chi connectivity index (χ2n) is 7.86. The quantitative estimate of drug-likeness (QED) is 0.380. The summed E-state index contributed by atoms with van der Waals surface area (Å²) in [5, 5.41) is 9.94. The molecule has 1 amide bonds. The number of imidazole rings is 1. The van der Waals surface area contributed by atoms with Gasteiger partial charge in [-0.3, -0.25) is 4.79 Å². The molecule has 32 heavy (non-hydrogen) atoms. The number of hydrogen-bond donors (Lipinski definition) is 4. The van der Waals surface area contributed by atoms with Crippen LogP contribution >= 0.6 is 0 Å². The van der Waals surface area contributed by atoms with Crippen molar-refractivity contribution in [1.82, 2.24) is 30.2 Å². The normalized spacial score (nSPS) is 16.5. The summed E-state index contributed by atoms with van der Waals surface area (Å²) >= 11 is 0. The van der Waals surface area contributed by atoms with Crippen molar-refractivity contribution in [2.75, 3.05) is 32.1 Å². The van der Waals surface area contributed by atoms with E-state index in [0.29, 0.717) is 42.4 Å². The highest BCUT2D eigenvalue weighted by Gasteiger charge is 2.21. The van der Waals surface area contributed by atoms with Crippen molar-refractivity contribution in [2.24, 2.45) is 7.05 Å². The van der Waals surface area contributed by atoms with Crippen LogP contribution in [0.3, 0.4) is 0 Å². The molecule has 10 heteroatoms. The Hall–Kier alpha value is -3.50. The van der Waals surface area contributed by atoms with Gasteiger partial charge in [-0.25, -0.2) is 14.4 Å². The predicted octanol–water partition coefficient (Wildman–Crippen LogP) is 1.90. The SMILES string of the molecule is CNc1nc2[nH]c(-c3cc(F)cc(CNC(=O)C4COCCN4)c3)cc2c2c1ncn2C. The van der Waals surface area contributed by atoms with Crippen molar-refractivity contribution in [3.05, 3.63) is 42.0 Å². The van der Waals surface area contributed by atoms with E-state index in [9.17, 15) is 9.18 Å². The van der Waals surface area contributed by atoms with E-state index in [2.05, 4.69) is 30.9 Å². The molecule has 0 saturated carbocycles. The van der Waals surface area contributed by atoms with E-state index in [0.717, 1.165) is 22.1 Å². The predicted molar refractivity (Wildman–Crippen MR) is 120 cm³/mol. The van der Waals surface area contributed by atoms with Crippen molar-refractivity contribution in [2.45, 2.75) is 12.6 Å². The Morgan fingerprint density at radius 1 is 1.34 bits per heavy atom. The smallest absolute Gasteiger partial charge is 0.239 e. The molecule has 1 fully saturated rings. The molecule has 0 radical (unpaired) electrons. The van der Waals surface area contributed by atoms with Crippen LogP contribution in [0, 0.1) is 5.82 Å². The van der Waals surface area contributed by atoms with E-state index in [1.54, 1.807) is 13.4 Å². The summed E-state index contributed by atoms with van der Waals surface area (Å²) in [7, 11) is 3.73. The molecule has 166 valence electrons. The lowest BCUT2D eigenvalue weighted by molar-refractivity contribution is -0.126. The molecule has 1 atom stereocenters.